The molecule has 3 rings (SSSR count). The Balaban J connectivity index is 1.62. The van der Waals surface area contributed by atoms with Crippen molar-refractivity contribution in [3.63, 3.8) is 0 Å². The van der Waals surface area contributed by atoms with Crippen molar-refractivity contribution in [2.45, 2.75) is 26.8 Å². The van der Waals surface area contributed by atoms with Gasteiger partial charge in [0.1, 0.15) is 0 Å². The number of thiophene rings is 1. The lowest BCUT2D eigenvalue weighted by Crippen LogP contribution is -2.30. The molecule has 0 fully saturated rings. The fourth-order valence-corrected chi connectivity index (χ4v) is 3.20. The maximum Gasteiger partial charge on any atom is 0.338 e. The van der Waals surface area contributed by atoms with E-state index in [1.807, 2.05) is 38.3 Å². The highest BCUT2D eigenvalue weighted by atomic mass is 32.1. The number of hydrogen-bond acceptors (Lipinski definition) is 6. The number of fused-ring (bicyclic) bond motifs is 1. The predicted molar refractivity (Wildman–Crippen MR) is 100 cm³/mol. The van der Waals surface area contributed by atoms with Gasteiger partial charge in [0.15, 0.2) is 6.61 Å². The van der Waals surface area contributed by atoms with E-state index < -0.39 is 5.97 Å². The van der Waals surface area contributed by atoms with Gasteiger partial charge < -0.3 is 10.1 Å². The number of nitrogens with zero attached hydrogens (tertiary/aromatic N) is 2. The first-order chi connectivity index (χ1) is 12.4. The second-order valence-corrected chi connectivity index (χ2v) is 6.96. The molecule has 0 radical (unpaired) electrons. The van der Waals surface area contributed by atoms with Crippen molar-refractivity contribution in [2.75, 3.05) is 6.61 Å². The first kappa shape index (κ1) is 18.0. The number of carbonyl (C=O) groups excluding carboxylic acids is 2. The molecular formula is C19H19N3O3S. The van der Waals surface area contributed by atoms with Crippen molar-refractivity contribution >= 4 is 34.2 Å². The SMILES string of the molecule is Cc1nc2ccc(C(=O)OCC(=O)N[C@@H](C)c3cccs3)cc2nc1C. The van der Waals surface area contributed by atoms with E-state index in [1.165, 1.54) is 0 Å². The van der Waals surface area contributed by atoms with E-state index in [9.17, 15) is 9.59 Å². The maximum absolute atomic E-state index is 12.2. The smallest absolute Gasteiger partial charge is 0.338 e. The average molecular weight is 369 g/mol. The Morgan fingerprint density at radius 3 is 2.58 bits per heavy atom. The first-order valence-corrected chi connectivity index (χ1v) is 9.07. The number of nitrogens with one attached hydrogen (secondary N) is 1. The lowest BCUT2D eigenvalue weighted by molar-refractivity contribution is -0.124. The van der Waals surface area contributed by atoms with Gasteiger partial charge in [0.05, 0.1) is 34.0 Å². The van der Waals surface area contributed by atoms with E-state index in [2.05, 4.69) is 15.3 Å². The normalized spacial score (nSPS) is 12.0. The van der Waals surface area contributed by atoms with Crippen LogP contribution >= 0.6 is 11.3 Å². The molecule has 1 amide bonds. The second kappa shape index (κ2) is 7.61. The third-order valence-electron chi connectivity index (χ3n) is 3.99. The monoisotopic (exact) mass is 369 g/mol. The van der Waals surface area contributed by atoms with Gasteiger partial charge in [-0.1, -0.05) is 6.07 Å². The van der Waals surface area contributed by atoms with Crippen LogP contribution in [0.2, 0.25) is 0 Å². The minimum absolute atomic E-state index is 0.122. The van der Waals surface area contributed by atoms with Gasteiger partial charge in [-0.05, 0) is 50.4 Å². The molecule has 1 N–H and O–H groups in total. The summed E-state index contributed by atoms with van der Waals surface area (Å²) in [5.41, 5.74) is 3.34. The molecule has 0 aliphatic carbocycles. The highest BCUT2D eigenvalue weighted by Crippen LogP contribution is 2.18. The molecule has 2 heterocycles. The van der Waals surface area contributed by atoms with Gasteiger partial charge in [-0.15, -0.1) is 11.3 Å². The molecule has 1 atom stereocenters. The molecular weight excluding hydrogens is 350 g/mol. The van der Waals surface area contributed by atoms with E-state index in [0.29, 0.717) is 16.6 Å². The summed E-state index contributed by atoms with van der Waals surface area (Å²) in [6.07, 6.45) is 0. The van der Waals surface area contributed by atoms with Crippen LogP contribution in [0.5, 0.6) is 0 Å². The number of hydrogen-bond donors (Lipinski definition) is 1. The van der Waals surface area contributed by atoms with Gasteiger partial charge in [0, 0.05) is 4.88 Å². The fraction of sp³-hybridized carbons (Fsp3) is 0.263. The molecule has 0 saturated heterocycles. The molecule has 0 aliphatic rings. The summed E-state index contributed by atoms with van der Waals surface area (Å²) in [4.78, 5) is 34.1. The molecule has 0 saturated carbocycles. The summed E-state index contributed by atoms with van der Waals surface area (Å²) in [6, 6.07) is 8.73. The van der Waals surface area contributed by atoms with Gasteiger partial charge >= 0.3 is 5.97 Å². The van der Waals surface area contributed by atoms with Crippen molar-refractivity contribution in [1.29, 1.82) is 0 Å². The molecule has 7 heteroatoms. The van der Waals surface area contributed by atoms with Crippen molar-refractivity contribution in [3.8, 4) is 0 Å². The third kappa shape index (κ3) is 4.05. The Morgan fingerprint density at radius 2 is 1.88 bits per heavy atom. The molecule has 1 aromatic carbocycles. The summed E-state index contributed by atoms with van der Waals surface area (Å²) >= 11 is 1.56. The number of aromatic nitrogens is 2. The Morgan fingerprint density at radius 1 is 1.15 bits per heavy atom. The lowest BCUT2D eigenvalue weighted by Gasteiger charge is -2.12. The predicted octanol–water partition coefficient (Wildman–Crippen LogP) is 3.34. The second-order valence-electron chi connectivity index (χ2n) is 5.98. The van der Waals surface area contributed by atoms with Crippen LogP contribution in [0.25, 0.3) is 11.0 Å². The number of amides is 1. The van der Waals surface area contributed by atoms with Crippen LogP contribution in [-0.2, 0) is 9.53 Å². The zero-order chi connectivity index (χ0) is 18.7. The largest absolute Gasteiger partial charge is 0.452 e. The van der Waals surface area contributed by atoms with Gasteiger partial charge in [-0.2, -0.15) is 0 Å². The maximum atomic E-state index is 12.2. The number of ether oxygens (including phenoxy) is 1. The molecule has 0 bridgehead atoms. The molecule has 134 valence electrons. The summed E-state index contributed by atoms with van der Waals surface area (Å²) in [6.45, 7) is 5.31. The van der Waals surface area contributed by atoms with Crippen LogP contribution in [-0.4, -0.2) is 28.5 Å². The van der Waals surface area contributed by atoms with Crippen LogP contribution in [0, 0.1) is 13.8 Å². The molecule has 3 aromatic rings. The Bertz CT molecular complexity index is 954. The molecule has 6 nitrogen and oxygen atoms in total. The van der Waals surface area contributed by atoms with Crippen molar-refractivity contribution in [3.05, 3.63) is 57.5 Å². The Hall–Kier alpha value is -2.80. The molecule has 0 spiro atoms. The van der Waals surface area contributed by atoms with Crippen molar-refractivity contribution in [2.24, 2.45) is 0 Å². The summed E-state index contributed by atoms with van der Waals surface area (Å²) in [5.74, 6) is -0.905. The summed E-state index contributed by atoms with van der Waals surface area (Å²) < 4.78 is 5.12. The zero-order valence-corrected chi connectivity index (χ0v) is 15.6. The van der Waals surface area contributed by atoms with Crippen molar-refractivity contribution in [1.82, 2.24) is 15.3 Å². The van der Waals surface area contributed by atoms with Crippen LogP contribution < -0.4 is 5.32 Å². The zero-order valence-electron chi connectivity index (χ0n) is 14.8. The van der Waals surface area contributed by atoms with E-state index in [4.69, 9.17) is 4.74 Å². The quantitative estimate of drug-likeness (QED) is 0.698. The number of rotatable bonds is 5. The van der Waals surface area contributed by atoms with Crippen molar-refractivity contribution < 1.29 is 14.3 Å². The number of esters is 1. The Kier molecular flexibility index (Phi) is 5.27. The number of aryl methyl sites for hydroxylation is 2. The fourth-order valence-electron chi connectivity index (χ4n) is 2.46. The summed E-state index contributed by atoms with van der Waals surface area (Å²) in [5, 5.41) is 4.75. The Labute approximate surface area is 155 Å². The highest BCUT2D eigenvalue weighted by molar-refractivity contribution is 7.10. The van der Waals surface area contributed by atoms with Crippen LogP contribution in [0.15, 0.2) is 35.7 Å². The van der Waals surface area contributed by atoms with E-state index in [1.54, 1.807) is 29.5 Å². The van der Waals surface area contributed by atoms with E-state index >= 15 is 0 Å². The van der Waals surface area contributed by atoms with Crippen LogP contribution in [0.4, 0.5) is 0 Å². The number of carbonyl (C=O) groups is 2. The van der Waals surface area contributed by atoms with Gasteiger partial charge in [0.2, 0.25) is 0 Å². The van der Waals surface area contributed by atoms with Crippen LogP contribution in [0.3, 0.4) is 0 Å². The minimum atomic E-state index is -0.564. The molecule has 26 heavy (non-hydrogen) atoms. The number of benzene rings is 1. The topological polar surface area (TPSA) is 81.2 Å². The van der Waals surface area contributed by atoms with E-state index in [0.717, 1.165) is 16.3 Å². The molecule has 0 aliphatic heterocycles. The first-order valence-electron chi connectivity index (χ1n) is 8.19. The third-order valence-corrected chi connectivity index (χ3v) is 5.05. The molecule has 0 unspecified atom stereocenters. The lowest BCUT2D eigenvalue weighted by atomic mass is 10.2. The van der Waals surface area contributed by atoms with Gasteiger partial charge in [-0.3, -0.25) is 4.79 Å². The van der Waals surface area contributed by atoms with Crippen LogP contribution in [0.1, 0.15) is 39.6 Å². The standard InChI is InChI=1S/C19H19N3O3S/c1-11-12(2)21-16-9-14(6-7-15(16)20-11)19(24)25-10-18(23)22-13(3)17-5-4-8-26-17/h4-9,13H,10H2,1-3H3,(H,22,23)/t13-/m0/s1. The molecule has 2 aromatic heterocycles. The minimum Gasteiger partial charge on any atom is -0.452 e. The highest BCUT2D eigenvalue weighted by Gasteiger charge is 2.14. The van der Waals surface area contributed by atoms with Gasteiger partial charge in [-0.25, -0.2) is 14.8 Å². The van der Waals surface area contributed by atoms with E-state index in [-0.39, 0.29) is 18.6 Å². The van der Waals surface area contributed by atoms with Gasteiger partial charge in [0.25, 0.3) is 5.91 Å². The summed E-state index contributed by atoms with van der Waals surface area (Å²) in [7, 11) is 0. The average Bonchev–Trinajstić information content (AvgIpc) is 3.15.